The van der Waals surface area contributed by atoms with Crippen LogP contribution >= 0.6 is 0 Å². The smallest absolute Gasteiger partial charge is 0.311 e. The Balaban J connectivity index is 4.32. The summed E-state index contributed by atoms with van der Waals surface area (Å²) in [6.07, 6.45) is 0.107. The fraction of sp³-hybridized carbons (Fsp3) is 0.700. The second-order valence-electron chi connectivity index (χ2n) is 4.21. The standard InChI is InChI=1S/C10H19N3O4/c1-3-10(2,9(16)17)5-13-8(15)6(11)4-7(12)14/h6H,3-5,11H2,1-2H3,(H2,12,14)(H,13,15)(H,16,17). The molecule has 0 saturated heterocycles. The number of amides is 2. The SMILES string of the molecule is CCC(C)(CNC(=O)C(N)CC(N)=O)C(=O)O. The van der Waals surface area contributed by atoms with Crippen LogP contribution in [0.2, 0.25) is 0 Å². The van der Waals surface area contributed by atoms with E-state index in [0.717, 1.165) is 0 Å². The number of hydrogen-bond acceptors (Lipinski definition) is 4. The molecule has 0 aromatic rings. The average Bonchev–Trinajstić information content (AvgIpc) is 2.23. The topological polar surface area (TPSA) is 136 Å². The van der Waals surface area contributed by atoms with Crippen LogP contribution in [0.4, 0.5) is 0 Å². The van der Waals surface area contributed by atoms with Gasteiger partial charge in [-0.1, -0.05) is 6.92 Å². The highest BCUT2D eigenvalue weighted by Gasteiger charge is 2.32. The Morgan fingerprint density at radius 1 is 1.41 bits per heavy atom. The minimum atomic E-state index is -1.04. The highest BCUT2D eigenvalue weighted by atomic mass is 16.4. The number of nitrogens with two attached hydrogens (primary N) is 2. The molecule has 0 aliphatic carbocycles. The number of carbonyl (C=O) groups excluding carboxylic acids is 2. The van der Waals surface area contributed by atoms with Gasteiger partial charge < -0.3 is 21.9 Å². The number of carboxylic acid groups (broad SMARTS) is 1. The molecule has 0 radical (unpaired) electrons. The van der Waals surface area contributed by atoms with E-state index in [1.165, 1.54) is 6.92 Å². The van der Waals surface area contributed by atoms with Gasteiger partial charge in [-0.2, -0.15) is 0 Å². The summed E-state index contributed by atoms with van der Waals surface area (Å²) in [7, 11) is 0. The van der Waals surface area contributed by atoms with E-state index in [2.05, 4.69) is 5.32 Å². The summed E-state index contributed by atoms with van der Waals surface area (Å²) in [5.41, 5.74) is 9.26. The quantitative estimate of drug-likeness (QED) is 0.447. The van der Waals surface area contributed by atoms with Gasteiger partial charge >= 0.3 is 5.97 Å². The highest BCUT2D eigenvalue weighted by molar-refractivity contribution is 5.88. The van der Waals surface area contributed by atoms with Crippen LogP contribution in [0.15, 0.2) is 0 Å². The molecule has 6 N–H and O–H groups in total. The van der Waals surface area contributed by atoms with Gasteiger partial charge in [0.2, 0.25) is 11.8 Å². The van der Waals surface area contributed by atoms with E-state index in [4.69, 9.17) is 16.6 Å². The molecule has 0 rings (SSSR count). The molecule has 0 heterocycles. The van der Waals surface area contributed by atoms with Crippen molar-refractivity contribution in [3.63, 3.8) is 0 Å². The molecule has 2 unspecified atom stereocenters. The summed E-state index contributed by atoms with van der Waals surface area (Å²) in [6, 6.07) is -1.04. The van der Waals surface area contributed by atoms with Gasteiger partial charge in [-0.25, -0.2) is 0 Å². The Hall–Kier alpha value is -1.63. The zero-order valence-electron chi connectivity index (χ0n) is 10.0. The third-order valence-electron chi connectivity index (χ3n) is 2.71. The van der Waals surface area contributed by atoms with E-state index in [9.17, 15) is 14.4 Å². The van der Waals surface area contributed by atoms with E-state index >= 15 is 0 Å². The predicted molar refractivity (Wildman–Crippen MR) is 60.8 cm³/mol. The Morgan fingerprint density at radius 2 is 1.94 bits per heavy atom. The van der Waals surface area contributed by atoms with Gasteiger partial charge in [0.05, 0.1) is 17.9 Å². The summed E-state index contributed by atoms with van der Waals surface area (Å²) < 4.78 is 0. The van der Waals surface area contributed by atoms with Crippen LogP contribution in [0.25, 0.3) is 0 Å². The summed E-state index contributed by atoms with van der Waals surface area (Å²) in [4.78, 5) is 32.9. The van der Waals surface area contributed by atoms with Crippen molar-refractivity contribution < 1.29 is 19.5 Å². The molecular weight excluding hydrogens is 226 g/mol. The number of carboxylic acids is 1. The monoisotopic (exact) mass is 245 g/mol. The third kappa shape index (κ3) is 4.81. The second kappa shape index (κ2) is 6.19. The van der Waals surface area contributed by atoms with Crippen molar-refractivity contribution in [3.8, 4) is 0 Å². The Kier molecular flexibility index (Phi) is 5.60. The van der Waals surface area contributed by atoms with Crippen molar-refractivity contribution in [2.75, 3.05) is 6.54 Å². The lowest BCUT2D eigenvalue weighted by molar-refractivity contribution is -0.148. The molecule has 0 fully saturated rings. The molecule has 2 atom stereocenters. The van der Waals surface area contributed by atoms with Crippen LogP contribution in [0.5, 0.6) is 0 Å². The van der Waals surface area contributed by atoms with Gasteiger partial charge in [0.1, 0.15) is 0 Å². The lowest BCUT2D eigenvalue weighted by Gasteiger charge is -2.24. The maximum atomic E-state index is 11.4. The molecular formula is C10H19N3O4. The third-order valence-corrected chi connectivity index (χ3v) is 2.71. The van der Waals surface area contributed by atoms with Crippen LogP contribution < -0.4 is 16.8 Å². The van der Waals surface area contributed by atoms with Crippen molar-refractivity contribution in [1.29, 1.82) is 0 Å². The Bertz CT molecular complexity index is 319. The zero-order valence-corrected chi connectivity index (χ0v) is 10.0. The molecule has 0 aromatic carbocycles. The van der Waals surface area contributed by atoms with Crippen LogP contribution in [-0.2, 0) is 14.4 Å². The summed E-state index contributed by atoms with van der Waals surface area (Å²) >= 11 is 0. The van der Waals surface area contributed by atoms with Gasteiger partial charge in [-0.05, 0) is 13.3 Å². The molecule has 7 nitrogen and oxygen atoms in total. The number of nitrogens with one attached hydrogen (secondary N) is 1. The number of carbonyl (C=O) groups is 3. The molecule has 17 heavy (non-hydrogen) atoms. The van der Waals surface area contributed by atoms with Crippen molar-refractivity contribution in [2.45, 2.75) is 32.7 Å². The van der Waals surface area contributed by atoms with Gasteiger partial charge in [-0.3, -0.25) is 14.4 Å². The van der Waals surface area contributed by atoms with Gasteiger partial charge in [0, 0.05) is 6.54 Å². The van der Waals surface area contributed by atoms with Crippen molar-refractivity contribution in [3.05, 3.63) is 0 Å². The largest absolute Gasteiger partial charge is 0.481 e. The van der Waals surface area contributed by atoms with Crippen molar-refractivity contribution in [2.24, 2.45) is 16.9 Å². The summed E-state index contributed by atoms with van der Waals surface area (Å²) in [6.45, 7) is 3.20. The minimum absolute atomic E-state index is 0.0376. The molecule has 7 heteroatoms. The molecule has 0 aromatic heterocycles. The van der Waals surface area contributed by atoms with Gasteiger partial charge in [-0.15, -0.1) is 0 Å². The number of rotatable bonds is 7. The first-order valence-corrected chi connectivity index (χ1v) is 5.28. The van der Waals surface area contributed by atoms with E-state index in [1.807, 2.05) is 0 Å². The number of primary amides is 1. The molecule has 0 bridgehead atoms. The first kappa shape index (κ1) is 15.4. The van der Waals surface area contributed by atoms with E-state index in [1.54, 1.807) is 6.92 Å². The molecule has 0 aliphatic heterocycles. The van der Waals surface area contributed by atoms with E-state index in [0.29, 0.717) is 6.42 Å². The minimum Gasteiger partial charge on any atom is -0.481 e. The molecule has 0 aliphatic rings. The van der Waals surface area contributed by atoms with Gasteiger partial charge in [0.25, 0.3) is 0 Å². The number of aliphatic carboxylic acids is 1. The first-order chi connectivity index (χ1) is 7.73. The average molecular weight is 245 g/mol. The lowest BCUT2D eigenvalue weighted by Crippen LogP contribution is -2.47. The van der Waals surface area contributed by atoms with Crippen LogP contribution in [0.1, 0.15) is 26.7 Å². The lowest BCUT2D eigenvalue weighted by atomic mass is 9.87. The highest BCUT2D eigenvalue weighted by Crippen LogP contribution is 2.19. The van der Waals surface area contributed by atoms with E-state index in [-0.39, 0.29) is 13.0 Å². The Labute approximate surface area is 99.5 Å². The van der Waals surface area contributed by atoms with Crippen molar-refractivity contribution in [1.82, 2.24) is 5.32 Å². The fourth-order valence-corrected chi connectivity index (χ4v) is 1.07. The van der Waals surface area contributed by atoms with Crippen molar-refractivity contribution >= 4 is 17.8 Å². The normalized spacial score (nSPS) is 15.7. The predicted octanol–water partition coefficient (Wildman–Crippen LogP) is -1.19. The van der Waals surface area contributed by atoms with Crippen LogP contribution in [-0.4, -0.2) is 35.5 Å². The Morgan fingerprint density at radius 3 is 2.29 bits per heavy atom. The maximum absolute atomic E-state index is 11.4. The van der Waals surface area contributed by atoms with Crippen LogP contribution in [0, 0.1) is 5.41 Å². The van der Waals surface area contributed by atoms with E-state index < -0.39 is 29.2 Å². The molecule has 98 valence electrons. The fourth-order valence-electron chi connectivity index (χ4n) is 1.07. The summed E-state index contributed by atoms with van der Waals surface area (Å²) in [5, 5.41) is 11.4. The maximum Gasteiger partial charge on any atom is 0.311 e. The zero-order chi connectivity index (χ0) is 13.6. The molecule has 0 spiro atoms. The second-order valence-corrected chi connectivity index (χ2v) is 4.21. The van der Waals surface area contributed by atoms with Crippen LogP contribution in [0.3, 0.4) is 0 Å². The molecule has 0 saturated carbocycles. The number of hydrogen-bond donors (Lipinski definition) is 4. The first-order valence-electron chi connectivity index (χ1n) is 5.28. The van der Waals surface area contributed by atoms with Gasteiger partial charge in [0.15, 0.2) is 0 Å². The summed E-state index contributed by atoms with van der Waals surface area (Å²) in [5.74, 6) is -2.25. The molecule has 2 amide bonds.